The Hall–Kier alpha value is -6.28. The zero-order chi connectivity index (χ0) is 37.1. The summed E-state index contributed by atoms with van der Waals surface area (Å²) in [6.45, 7) is 4.78. The fourth-order valence-electron chi connectivity index (χ4n) is 10.3. The molecule has 0 spiro atoms. The molecule has 0 bridgehead atoms. The molecule has 0 aliphatic heterocycles. The largest absolute Gasteiger partial charge is 0.135 e. The van der Waals surface area contributed by atoms with E-state index in [9.17, 15) is 0 Å². The van der Waals surface area contributed by atoms with Gasteiger partial charge in [0.15, 0.2) is 0 Å². The lowest BCUT2D eigenvalue weighted by Crippen LogP contribution is -2.15. The van der Waals surface area contributed by atoms with Crippen LogP contribution in [0, 0.1) is 11.8 Å². The Balaban J connectivity index is 0.988. The van der Waals surface area contributed by atoms with Gasteiger partial charge in [-0.1, -0.05) is 166 Å². The summed E-state index contributed by atoms with van der Waals surface area (Å²) in [7, 11) is 0. The van der Waals surface area contributed by atoms with E-state index in [1.165, 1.54) is 108 Å². The third-order valence-corrected chi connectivity index (χ3v) is 14.2. The Morgan fingerprint density at radius 1 is 0.464 bits per heavy atom. The molecule has 2 unspecified atom stereocenters. The van der Waals surface area contributed by atoms with E-state index in [2.05, 4.69) is 196 Å². The van der Waals surface area contributed by atoms with Crippen LogP contribution < -0.4 is 0 Å². The number of hydrogen-bond donors (Lipinski definition) is 0. The Labute approximate surface area is 331 Å². The van der Waals surface area contributed by atoms with Crippen molar-refractivity contribution < 1.29 is 0 Å². The van der Waals surface area contributed by atoms with Gasteiger partial charge in [-0.05, 0) is 118 Å². The van der Waals surface area contributed by atoms with Crippen LogP contribution in [0.5, 0.6) is 0 Å². The van der Waals surface area contributed by atoms with Crippen LogP contribution in [-0.4, -0.2) is 0 Å². The predicted molar refractivity (Wildman–Crippen MR) is 243 cm³/mol. The topological polar surface area (TPSA) is 0 Å². The Morgan fingerprint density at radius 3 is 1.86 bits per heavy atom. The first-order valence-electron chi connectivity index (χ1n) is 19.8. The molecule has 0 nitrogen and oxygen atoms in total. The molecular formula is C55H38S. The van der Waals surface area contributed by atoms with Crippen molar-refractivity contribution in [3.8, 4) is 33.4 Å². The summed E-state index contributed by atoms with van der Waals surface area (Å²) in [5.74, 6) is 0.724. The normalized spacial score (nSPS) is 17.9. The maximum absolute atomic E-state index is 2.49. The van der Waals surface area contributed by atoms with Gasteiger partial charge < -0.3 is 0 Å². The summed E-state index contributed by atoms with van der Waals surface area (Å²) in [5.41, 5.74) is 13.3. The molecule has 264 valence electrons. The van der Waals surface area contributed by atoms with Gasteiger partial charge >= 0.3 is 0 Å². The van der Waals surface area contributed by atoms with Crippen LogP contribution >= 0.6 is 11.3 Å². The molecule has 3 aliphatic carbocycles. The Morgan fingerprint density at radius 2 is 1.09 bits per heavy atom. The molecule has 12 rings (SSSR count). The monoisotopic (exact) mass is 730 g/mol. The highest BCUT2D eigenvalue weighted by Gasteiger charge is 2.36. The molecule has 8 aromatic carbocycles. The molecular weight excluding hydrogens is 693 g/mol. The van der Waals surface area contributed by atoms with Crippen molar-refractivity contribution in [1.82, 2.24) is 0 Å². The molecule has 56 heavy (non-hydrogen) atoms. The van der Waals surface area contributed by atoms with E-state index in [-0.39, 0.29) is 5.41 Å². The Bertz CT molecular complexity index is 3210. The van der Waals surface area contributed by atoms with Gasteiger partial charge in [-0.2, -0.15) is 0 Å². The standard InChI is InChI=1S/C55H38S/c1-55(2)48-28-26-36(30-46(48)47-32-45-37(31-49(47)55)27-29-51-54(45)44-19-9-10-21-50(44)56-51)33-22-24-35(25-23-33)52-40-15-5-7-17-42(40)53(43-18-8-6-16-41(43)52)39-20-11-13-34-12-3-4-14-38(34)39/h3-32,34,38H,1-2H3. The lowest BCUT2D eigenvalue weighted by atomic mass is 9.74. The molecule has 2 atom stereocenters. The second kappa shape index (κ2) is 11.9. The molecule has 0 amide bonds. The van der Waals surface area contributed by atoms with Gasteiger partial charge in [0.25, 0.3) is 0 Å². The maximum atomic E-state index is 2.49. The van der Waals surface area contributed by atoms with Gasteiger partial charge in [0.1, 0.15) is 0 Å². The second-order valence-corrected chi connectivity index (χ2v) is 17.4. The molecule has 0 fully saturated rings. The van der Waals surface area contributed by atoms with Crippen molar-refractivity contribution in [3.05, 3.63) is 199 Å². The zero-order valence-corrected chi connectivity index (χ0v) is 32.2. The average Bonchev–Trinajstić information content (AvgIpc) is 3.73. The van der Waals surface area contributed by atoms with Gasteiger partial charge in [0.2, 0.25) is 0 Å². The average molecular weight is 731 g/mol. The number of allylic oxidation sites excluding steroid dienone is 8. The molecule has 9 aromatic rings. The van der Waals surface area contributed by atoms with Crippen molar-refractivity contribution in [3.63, 3.8) is 0 Å². The number of thiophene rings is 1. The summed E-state index contributed by atoms with van der Waals surface area (Å²) < 4.78 is 2.71. The molecule has 1 heteroatoms. The maximum Gasteiger partial charge on any atom is 0.0361 e. The van der Waals surface area contributed by atoms with Crippen molar-refractivity contribution in [2.45, 2.75) is 19.3 Å². The predicted octanol–water partition coefficient (Wildman–Crippen LogP) is 15.5. The highest BCUT2D eigenvalue weighted by atomic mass is 32.1. The van der Waals surface area contributed by atoms with E-state index in [1.807, 2.05) is 11.3 Å². The number of benzene rings is 8. The molecule has 0 saturated heterocycles. The molecule has 0 saturated carbocycles. The van der Waals surface area contributed by atoms with Crippen LogP contribution in [-0.2, 0) is 5.41 Å². The van der Waals surface area contributed by atoms with Crippen molar-refractivity contribution in [1.29, 1.82) is 0 Å². The minimum absolute atomic E-state index is 0.0734. The zero-order valence-electron chi connectivity index (χ0n) is 31.4. The molecule has 0 radical (unpaired) electrons. The second-order valence-electron chi connectivity index (χ2n) is 16.3. The highest BCUT2D eigenvalue weighted by molar-refractivity contribution is 7.26. The number of fused-ring (bicyclic) bond motifs is 11. The Kier molecular flexibility index (Phi) is 6.78. The summed E-state index contributed by atoms with van der Waals surface area (Å²) in [6, 6.07) is 53.0. The van der Waals surface area contributed by atoms with Gasteiger partial charge in [0.05, 0.1) is 0 Å². The van der Waals surface area contributed by atoms with Crippen LogP contribution in [0.25, 0.3) is 91.4 Å². The minimum atomic E-state index is -0.0734. The third-order valence-electron chi connectivity index (χ3n) is 13.0. The van der Waals surface area contributed by atoms with Crippen molar-refractivity contribution >= 4 is 69.4 Å². The van der Waals surface area contributed by atoms with Crippen molar-refractivity contribution in [2.75, 3.05) is 0 Å². The SMILES string of the molecule is CC1(C)c2ccc(-c3ccc(-c4c5ccccc5c(C5=CC=CC6C=CC=CC56)c5ccccc45)cc3)cc2-c2cc3c(ccc4sc5ccccc5c43)cc21. The van der Waals surface area contributed by atoms with Gasteiger partial charge in [-0.3, -0.25) is 0 Å². The lowest BCUT2D eigenvalue weighted by Gasteiger charge is -2.29. The van der Waals surface area contributed by atoms with E-state index in [1.54, 1.807) is 0 Å². The number of hydrogen-bond acceptors (Lipinski definition) is 1. The van der Waals surface area contributed by atoms with Gasteiger partial charge in [-0.25, -0.2) is 0 Å². The molecule has 1 aromatic heterocycles. The minimum Gasteiger partial charge on any atom is -0.135 e. The summed E-state index contributed by atoms with van der Waals surface area (Å²) in [6.07, 6.45) is 16.0. The fourth-order valence-corrected chi connectivity index (χ4v) is 11.4. The van der Waals surface area contributed by atoms with Crippen LogP contribution in [0.15, 0.2) is 182 Å². The van der Waals surface area contributed by atoms with E-state index >= 15 is 0 Å². The first-order valence-corrected chi connectivity index (χ1v) is 20.7. The summed E-state index contributed by atoms with van der Waals surface area (Å²) >= 11 is 1.90. The van der Waals surface area contributed by atoms with Crippen LogP contribution in [0.4, 0.5) is 0 Å². The smallest absolute Gasteiger partial charge is 0.0361 e. The quantitative estimate of drug-likeness (QED) is 0.159. The molecule has 0 N–H and O–H groups in total. The van der Waals surface area contributed by atoms with E-state index in [4.69, 9.17) is 0 Å². The first-order chi connectivity index (χ1) is 27.5. The lowest BCUT2D eigenvalue weighted by molar-refractivity contribution is 0.661. The number of rotatable bonds is 3. The van der Waals surface area contributed by atoms with Crippen LogP contribution in [0.2, 0.25) is 0 Å². The molecule has 3 aliphatic rings. The van der Waals surface area contributed by atoms with Gasteiger partial charge in [0, 0.05) is 37.4 Å². The van der Waals surface area contributed by atoms with E-state index < -0.39 is 0 Å². The van der Waals surface area contributed by atoms with Crippen LogP contribution in [0.1, 0.15) is 30.5 Å². The van der Waals surface area contributed by atoms with Crippen molar-refractivity contribution in [2.24, 2.45) is 11.8 Å². The van der Waals surface area contributed by atoms with Gasteiger partial charge in [-0.15, -0.1) is 11.3 Å². The highest BCUT2D eigenvalue weighted by Crippen LogP contribution is 2.53. The molecule has 1 heterocycles. The first kappa shape index (κ1) is 32.0. The summed E-state index contributed by atoms with van der Waals surface area (Å²) in [5, 5.41) is 10.6. The van der Waals surface area contributed by atoms with E-state index in [0.717, 1.165) is 0 Å². The summed E-state index contributed by atoms with van der Waals surface area (Å²) in [4.78, 5) is 0. The fraction of sp³-hybridized carbons (Fsp3) is 0.0909. The third kappa shape index (κ3) is 4.53. The van der Waals surface area contributed by atoms with E-state index in [0.29, 0.717) is 11.8 Å². The van der Waals surface area contributed by atoms with Crippen LogP contribution in [0.3, 0.4) is 0 Å².